The summed E-state index contributed by atoms with van der Waals surface area (Å²) in [4.78, 5) is 58.3. The monoisotopic (exact) mass is 557 g/mol. The summed E-state index contributed by atoms with van der Waals surface area (Å²) in [6.45, 7) is -0.576. The molecular weight excluding hydrogens is 538 g/mol. The number of alkyl halides is 3. The van der Waals surface area contributed by atoms with Gasteiger partial charge in [-0.25, -0.2) is 14.2 Å². The second kappa shape index (κ2) is 11.6. The van der Waals surface area contributed by atoms with Crippen molar-refractivity contribution in [3.8, 4) is 5.75 Å². The van der Waals surface area contributed by atoms with E-state index in [0.717, 1.165) is 29.3 Å². The molecule has 0 fully saturated rings. The Morgan fingerprint density at radius 1 is 0.950 bits per heavy atom. The number of anilines is 1. The minimum absolute atomic E-state index is 0.0414. The van der Waals surface area contributed by atoms with Gasteiger partial charge in [-0.1, -0.05) is 36.4 Å². The highest BCUT2D eigenvalue weighted by Gasteiger charge is 2.33. The van der Waals surface area contributed by atoms with Crippen LogP contribution in [0.5, 0.6) is 5.75 Å². The lowest BCUT2D eigenvalue weighted by Gasteiger charge is -2.24. The summed E-state index contributed by atoms with van der Waals surface area (Å²) in [5.74, 6) is -3.16. The number of amides is 2. The van der Waals surface area contributed by atoms with Gasteiger partial charge in [0.25, 0.3) is 17.4 Å². The van der Waals surface area contributed by atoms with E-state index in [-0.39, 0.29) is 29.2 Å². The highest BCUT2D eigenvalue weighted by Crippen LogP contribution is 2.30. The third-order valence-corrected chi connectivity index (χ3v) is 5.38. The molecule has 14 heteroatoms. The van der Waals surface area contributed by atoms with Gasteiger partial charge < -0.3 is 19.9 Å². The molecular formula is C26H19F4N5O5. The van der Waals surface area contributed by atoms with Crippen LogP contribution in [0.3, 0.4) is 0 Å². The Kier molecular flexibility index (Phi) is 8.07. The minimum atomic E-state index is -5.14. The maximum Gasteiger partial charge on any atom is 0.573 e. The largest absolute Gasteiger partial charge is 0.573 e. The fourth-order valence-corrected chi connectivity index (χ4v) is 3.65. The van der Waals surface area contributed by atoms with Crippen molar-refractivity contribution >= 4 is 17.6 Å². The van der Waals surface area contributed by atoms with E-state index >= 15 is 0 Å². The van der Waals surface area contributed by atoms with E-state index in [9.17, 15) is 36.7 Å². The summed E-state index contributed by atoms with van der Waals surface area (Å²) in [7, 11) is 0. The summed E-state index contributed by atoms with van der Waals surface area (Å²) in [5.41, 5.74) is -1.95. The molecule has 0 unspecified atom stereocenters. The van der Waals surface area contributed by atoms with Crippen LogP contribution in [0.2, 0.25) is 0 Å². The lowest BCUT2D eigenvalue weighted by molar-refractivity contribution is -0.275. The quantitative estimate of drug-likeness (QED) is 0.283. The summed E-state index contributed by atoms with van der Waals surface area (Å²) in [6.07, 6.45) is -4.29. The SMILES string of the molecule is O=C(Nc1ccc(F)cn1)c1ccc(CN(Cc2ccccc2)C(=O)c2cc(=O)[nH]c(=O)[nH]2)c(OC(F)(F)F)c1. The number of hydrogen-bond acceptors (Lipinski definition) is 6. The second-order valence-electron chi connectivity index (χ2n) is 8.33. The van der Waals surface area contributed by atoms with E-state index in [1.54, 1.807) is 30.3 Å². The Hall–Kier alpha value is -5.27. The van der Waals surface area contributed by atoms with Crippen molar-refractivity contribution < 1.29 is 31.9 Å². The van der Waals surface area contributed by atoms with Gasteiger partial charge in [-0.2, -0.15) is 0 Å². The molecule has 2 amide bonds. The van der Waals surface area contributed by atoms with Crippen molar-refractivity contribution in [3.63, 3.8) is 0 Å². The zero-order valence-corrected chi connectivity index (χ0v) is 20.3. The third kappa shape index (κ3) is 7.40. The maximum atomic E-state index is 13.3. The zero-order chi connectivity index (χ0) is 28.9. The number of H-pyrrole nitrogens is 2. The van der Waals surface area contributed by atoms with Gasteiger partial charge in [0.1, 0.15) is 23.1 Å². The van der Waals surface area contributed by atoms with Gasteiger partial charge in [-0.15, -0.1) is 13.2 Å². The van der Waals surface area contributed by atoms with Gasteiger partial charge in [0.05, 0.1) is 12.7 Å². The Balaban J connectivity index is 1.69. The van der Waals surface area contributed by atoms with E-state index in [1.165, 1.54) is 18.2 Å². The van der Waals surface area contributed by atoms with Gasteiger partial charge in [0.15, 0.2) is 0 Å². The fourth-order valence-electron chi connectivity index (χ4n) is 3.65. The maximum absolute atomic E-state index is 13.3. The van der Waals surface area contributed by atoms with Crippen LogP contribution in [-0.4, -0.2) is 38.0 Å². The van der Waals surface area contributed by atoms with Crippen LogP contribution in [0.15, 0.2) is 82.5 Å². The molecule has 0 aliphatic carbocycles. The van der Waals surface area contributed by atoms with Crippen molar-refractivity contribution in [1.29, 1.82) is 0 Å². The molecule has 0 aliphatic rings. The highest BCUT2D eigenvalue weighted by molar-refractivity contribution is 6.04. The number of ether oxygens (including phenoxy) is 1. The van der Waals surface area contributed by atoms with Gasteiger partial charge >= 0.3 is 12.1 Å². The molecule has 40 heavy (non-hydrogen) atoms. The molecule has 0 saturated carbocycles. The van der Waals surface area contributed by atoms with Crippen LogP contribution in [-0.2, 0) is 13.1 Å². The molecule has 10 nitrogen and oxygen atoms in total. The summed E-state index contributed by atoms with van der Waals surface area (Å²) in [6, 6.07) is 14.7. The normalized spacial score (nSPS) is 11.1. The summed E-state index contributed by atoms with van der Waals surface area (Å²) >= 11 is 0. The first-order chi connectivity index (χ1) is 19.0. The van der Waals surface area contributed by atoms with Gasteiger partial charge in [-0.3, -0.25) is 19.4 Å². The van der Waals surface area contributed by atoms with Crippen LogP contribution < -0.4 is 21.3 Å². The Morgan fingerprint density at radius 2 is 1.70 bits per heavy atom. The molecule has 0 radical (unpaired) electrons. The molecule has 2 aromatic heterocycles. The fraction of sp³-hybridized carbons (Fsp3) is 0.115. The van der Waals surface area contributed by atoms with E-state index in [1.807, 2.05) is 4.98 Å². The molecule has 0 spiro atoms. The van der Waals surface area contributed by atoms with Crippen LogP contribution in [0.1, 0.15) is 32.0 Å². The van der Waals surface area contributed by atoms with Gasteiger partial charge in [0.2, 0.25) is 0 Å². The first-order valence-corrected chi connectivity index (χ1v) is 11.5. The van der Waals surface area contributed by atoms with Gasteiger partial charge in [-0.05, 0) is 29.8 Å². The van der Waals surface area contributed by atoms with E-state index < -0.39 is 47.5 Å². The van der Waals surface area contributed by atoms with Crippen LogP contribution >= 0.6 is 0 Å². The van der Waals surface area contributed by atoms with Crippen molar-refractivity contribution in [2.24, 2.45) is 0 Å². The number of nitrogens with zero attached hydrogens (tertiary/aromatic N) is 2. The van der Waals surface area contributed by atoms with Crippen LogP contribution in [0.4, 0.5) is 23.4 Å². The Morgan fingerprint density at radius 3 is 2.35 bits per heavy atom. The molecule has 2 heterocycles. The molecule has 0 bridgehead atoms. The average molecular weight is 557 g/mol. The molecule has 3 N–H and O–H groups in total. The number of rotatable bonds is 8. The smallest absolute Gasteiger partial charge is 0.405 e. The molecule has 4 rings (SSSR count). The molecule has 0 atom stereocenters. The highest BCUT2D eigenvalue weighted by atomic mass is 19.4. The number of carbonyl (C=O) groups is 2. The molecule has 206 valence electrons. The Labute approximate surface area is 222 Å². The topological polar surface area (TPSA) is 137 Å². The number of carbonyl (C=O) groups excluding carboxylic acids is 2. The van der Waals surface area contributed by atoms with E-state index in [4.69, 9.17) is 0 Å². The van der Waals surface area contributed by atoms with Crippen molar-refractivity contribution in [2.45, 2.75) is 19.5 Å². The predicted octanol–water partition coefficient (Wildman–Crippen LogP) is 3.59. The average Bonchev–Trinajstić information content (AvgIpc) is 2.89. The Bertz CT molecular complexity index is 1610. The number of halogens is 4. The third-order valence-electron chi connectivity index (χ3n) is 5.38. The number of benzene rings is 2. The van der Waals surface area contributed by atoms with E-state index in [0.29, 0.717) is 5.56 Å². The van der Waals surface area contributed by atoms with Crippen molar-refractivity contribution in [2.75, 3.05) is 5.32 Å². The molecule has 0 saturated heterocycles. The lowest BCUT2D eigenvalue weighted by Crippen LogP contribution is -2.34. The first kappa shape index (κ1) is 27.8. The van der Waals surface area contributed by atoms with Crippen LogP contribution in [0, 0.1) is 5.82 Å². The second-order valence-corrected chi connectivity index (χ2v) is 8.33. The van der Waals surface area contributed by atoms with Crippen LogP contribution in [0.25, 0.3) is 0 Å². The minimum Gasteiger partial charge on any atom is -0.405 e. The van der Waals surface area contributed by atoms with E-state index in [2.05, 4.69) is 20.0 Å². The van der Waals surface area contributed by atoms with Crippen molar-refractivity contribution in [3.05, 3.63) is 122 Å². The summed E-state index contributed by atoms with van der Waals surface area (Å²) < 4.78 is 57.2. The number of aromatic amines is 2. The zero-order valence-electron chi connectivity index (χ0n) is 20.3. The first-order valence-electron chi connectivity index (χ1n) is 11.5. The molecule has 2 aromatic carbocycles. The number of aromatic nitrogens is 3. The molecule has 4 aromatic rings. The van der Waals surface area contributed by atoms with Gasteiger partial charge in [0, 0.05) is 23.7 Å². The standard InChI is InChI=1S/C26H19F4N5O5/c27-18-8-9-21(31-12-18)33-23(37)16-6-7-17(20(10-16)40-26(28,29)30)14-35(13-15-4-2-1-3-5-15)24(38)19-11-22(36)34-25(39)32-19/h1-12H,13-14H2,(H,31,33,37)(H2,32,34,36,39). The number of nitrogens with one attached hydrogen (secondary N) is 3. The lowest BCUT2D eigenvalue weighted by atomic mass is 10.1. The predicted molar refractivity (Wildman–Crippen MR) is 133 cm³/mol. The van der Waals surface area contributed by atoms with Crippen molar-refractivity contribution in [1.82, 2.24) is 19.9 Å². The summed E-state index contributed by atoms with van der Waals surface area (Å²) in [5, 5.41) is 2.33. The number of hydrogen-bond donors (Lipinski definition) is 3. The number of pyridine rings is 1. The molecule has 0 aliphatic heterocycles.